The molecule has 4 rings (SSSR count). The molecule has 3 heterocycles. The molecule has 0 aliphatic rings. The van der Waals surface area contributed by atoms with Gasteiger partial charge in [-0.1, -0.05) is 18.2 Å². The second-order valence-corrected chi connectivity index (χ2v) is 4.89. The number of hydrogen-bond donors (Lipinski definition) is 1. The Balaban J connectivity index is 2.19. The summed E-state index contributed by atoms with van der Waals surface area (Å²) in [7, 11) is 1.92. The summed E-state index contributed by atoms with van der Waals surface area (Å²) in [5.74, 6) is 0.233. The summed E-state index contributed by atoms with van der Waals surface area (Å²) in [5, 5.41) is 1.93. The van der Waals surface area contributed by atoms with E-state index in [-0.39, 0.29) is 5.95 Å². The van der Waals surface area contributed by atoms with Crippen LogP contribution in [0, 0.1) is 0 Å². The first-order valence-corrected chi connectivity index (χ1v) is 6.52. The van der Waals surface area contributed by atoms with Gasteiger partial charge in [0, 0.05) is 30.2 Å². The zero-order valence-electron chi connectivity index (χ0n) is 11.4. The molecule has 0 unspecified atom stereocenters. The number of anilines is 1. The minimum absolute atomic E-state index is 0.233. The van der Waals surface area contributed by atoms with Crippen LogP contribution in [0.3, 0.4) is 0 Å². The lowest BCUT2D eigenvalue weighted by molar-refractivity contribution is 0.913. The van der Waals surface area contributed by atoms with Crippen LogP contribution in [0.5, 0.6) is 0 Å². The summed E-state index contributed by atoms with van der Waals surface area (Å²) in [6, 6.07) is 7.91. The van der Waals surface area contributed by atoms with Crippen LogP contribution in [0.25, 0.3) is 33.2 Å². The number of rotatable bonds is 1. The molecule has 0 spiro atoms. The van der Waals surface area contributed by atoms with Crippen LogP contribution in [-0.2, 0) is 7.05 Å². The molecule has 102 valence electrons. The fourth-order valence-corrected chi connectivity index (χ4v) is 2.46. The smallest absolute Gasteiger partial charge is 0.220 e. The van der Waals surface area contributed by atoms with Gasteiger partial charge < -0.3 is 10.3 Å². The average molecular weight is 276 g/mol. The molecule has 1 aromatic carbocycles. The van der Waals surface area contributed by atoms with Gasteiger partial charge in [0.25, 0.3) is 0 Å². The fourth-order valence-electron chi connectivity index (χ4n) is 2.46. The molecule has 3 aromatic heterocycles. The van der Waals surface area contributed by atoms with E-state index in [4.69, 9.17) is 10.7 Å². The molecule has 0 aliphatic heterocycles. The normalized spacial score (nSPS) is 11.3. The molecular formula is C15H12N6. The van der Waals surface area contributed by atoms with E-state index in [0.29, 0.717) is 0 Å². The molecule has 6 heteroatoms. The highest BCUT2D eigenvalue weighted by molar-refractivity contribution is 6.08. The Bertz CT molecular complexity index is 972. The molecule has 0 bridgehead atoms. The Morgan fingerprint density at radius 3 is 2.71 bits per heavy atom. The average Bonchev–Trinajstić information content (AvgIpc) is 2.92. The van der Waals surface area contributed by atoms with Crippen molar-refractivity contribution in [3.05, 3.63) is 43.0 Å². The Hall–Kier alpha value is -3.02. The van der Waals surface area contributed by atoms with Crippen molar-refractivity contribution >= 4 is 27.8 Å². The van der Waals surface area contributed by atoms with Crippen LogP contribution in [0.4, 0.5) is 5.95 Å². The topological polar surface area (TPSA) is 82.5 Å². The van der Waals surface area contributed by atoms with Gasteiger partial charge in [-0.15, -0.1) is 0 Å². The van der Waals surface area contributed by atoms with Crippen LogP contribution in [0.2, 0.25) is 0 Å². The van der Waals surface area contributed by atoms with Gasteiger partial charge in [-0.3, -0.25) is 0 Å². The summed E-state index contributed by atoms with van der Waals surface area (Å²) >= 11 is 0. The van der Waals surface area contributed by atoms with Crippen molar-refractivity contribution in [2.24, 2.45) is 7.05 Å². The van der Waals surface area contributed by atoms with Crippen molar-refractivity contribution < 1.29 is 0 Å². The van der Waals surface area contributed by atoms with Gasteiger partial charge in [-0.2, -0.15) is 0 Å². The molecule has 2 N–H and O–H groups in total. The number of aromatic nitrogens is 5. The maximum absolute atomic E-state index is 5.74. The molecule has 0 saturated carbocycles. The molecular weight excluding hydrogens is 264 g/mol. The Labute approximate surface area is 120 Å². The van der Waals surface area contributed by atoms with Crippen molar-refractivity contribution in [1.29, 1.82) is 0 Å². The fraction of sp³-hybridized carbons (Fsp3) is 0.0667. The predicted molar refractivity (Wildman–Crippen MR) is 81.5 cm³/mol. The van der Waals surface area contributed by atoms with Crippen LogP contribution >= 0.6 is 0 Å². The van der Waals surface area contributed by atoms with E-state index in [1.54, 1.807) is 12.5 Å². The Morgan fingerprint density at radius 1 is 1.05 bits per heavy atom. The lowest BCUT2D eigenvalue weighted by Crippen LogP contribution is -1.98. The van der Waals surface area contributed by atoms with E-state index in [0.717, 1.165) is 33.2 Å². The first-order valence-electron chi connectivity index (χ1n) is 6.52. The highest BCUT2D eigenvalue weighted by Crippen LogP contribution is 2.30. The predicted octanol–water partition coefficient (Wildman–Crippen LogP) is 2.16. The Morgan fingerprint density at radius 2 is 1.90 bits per heavy atom. The number of aryl methyl sites for hydroxylation is 1. The van der Waals surface area contributed by atoms with Gasteiger partial charge >= 0.3 is 0 Å². The summed E-state index contributed by atoms with van der Waals surface area (Å²) in [6.45, 7) is 0. The highest BCUT2D eigenvalue weighted by Gasteiger charge is 2.14. The molecule has 6 nitrogen and oxygen atoms in total. The third kappa shape index (κ3) is 1.80. The molecule has 0 aliphatic carbocycles. The van der Waals surface area contributed by atoms with Crippen molar-refractivity contribution in [2.75, 3.05) is 5.73 Å². The molecule has 0 fully saturated rings. The van der Waals surface area contributed by atoms with E-state index < -0.39 is 0 Å². The summed E-state index contributed by atoms with van der Waals surface area (Å²) in [6.07, 6.45) is 5.39. The second-order valence-electron chi connectivity index (χ2n) is 4.89. The first-order chi connectivity index (χ1) is 10.2. The van der Waals surface area contributed by atoms with Gasteiger partial charge in [-0.25, -0.2) is 19.9 Å². The lowest BCUT2D eigenvalue weighted by atomic mass is 10.1. The SMILES string of the molecule is Cn1cnc(-c2nc3ccccc3c3cnc(N)nc23)c1. The van der Waals surface area contributed by atoms with E-state index in [1.807, 2.05) is 42.1 Å². The maximum Gasteiger partial charge on any atom is 0.220 e. The van der Waals surface area contributed by atoms with Gasteiger partial charge in [0.1, 0.15) is 16.9 Å². The number of nitrogen functional groups attached to an aromatic ring is 1. The van der Waals surface area contributed by atoms with Crippen LogP contribution in [-0.4, -0.2) is 24.5 Å². The van der Waals surface area contributed by atoms with Gasteiger partial charge in [0.2, 0.25) is 5.95 Å². The number of imidazole rings is 1. The number of hydrogen-bond acceptors (Lipinski definition) is 5. The zero-order valence-corrected chi connectivity index (χ0v) is 11.4. The number of fused-ring (bicyclic) bond motifs is 3. The third-order valence-electron chi connectivity index (χ3n) is 3.41. The van der Waals surface area contributed by atoms with Crippen LogP contribution in [0.1, 0.15) is 0 Å². The third-order valence-corrected chi connectivity index (χ3v) is 3.41. The molecule has 0 amide bonds. The summed E-state index contributed by atoms with van der Waals surface area (Å²) < 4.78 is 1.88. The van der Waals surface area contributed by atoms with E-state index >= 15 is 0 Å². The van der Waals surface area contributed by atoms with Crippen molar-refractivity contribution in [3.63, 3.8) is 0 Å². The minimum atomic E-state index is 0.233. The molecule has 0 radical (unpaired) electrons. The summed E-state index contributed by atoms with van der Waals surface area (Å²) in [5.41, 5.74) is 8.85. The molecule has 0 saturated heterocycles. The van der Waals surface area contributed by atoms with Crippen molar-refractivity contribution in [2.45, 2.75) is 0 Å². The summed E-state index contributed by atoms with van der Waals surface area (Å²) in [4.78, 5) is 17.6. The van der Waals surface area contributed by atoms with Gasteiger partial charge in [0.15, 0.2) is 0 Å². The zero-order chi connectivity index (χ0) is 14.4. The van der Waals surface area contributed by atoms with E-state index in [9.17, 15) is 0 Å². The standard InChI is InChI=1S/C15H12N6/c1-21-7-12(18-8-21)14-13-10(6-17-15(16)20-13)9-4-2-3-5-11(9)19-14/h2-8H,1H3,(H2,16,17,20). The first kappa shape index (κ1) is 11.8. The molecule has 0 atom stereocenters. The minimum Gasteiger partial charge on any atom is -0.368 e. The lowest BCUT2D eigenvalue weighted by Gasteiger charge is -2.07. The van der Waals surface area contributed by atoms with Gasteiger partial charge in [-0.05, 0) is 6.07 Å². The van der Waals surface area contributed by atoms with E-state index in [1.165, 1.54) is 0 Å². The van der Waals surface area contributed by atoms with E-state index in [2.05, 4.69) is 15.0 Å². The van der Waals surface area contributed by atoms with Crippen molar-refractivity contribution in [3.8, 4) is 11.4 Å². The number of nitrogens with two attached hydrogens (primary N) is 1. The Kier molecular flexibility index (Phi) is 2.38. The maximum atomic E-state index is 5.74. The van der Waals surface area contributed by atoms with Crippen LogP contribution in [0.15, 0.2) is 43.0 Å². The number of pyridine rings is 1. The largest absolute Gasteiger partial charge is 0.368 e. The monoisotopic (exact) mass is 276 g/mol. The molecule has 4 aromatic rings. The highest BCUT2D eigenvalue weighted by atomic mass is 15.0. The second kappa shape index (κ2) is 4.24. The number of nitrogens with zero attached hydrogens (tertiary/aromatic N) is 5. The van der Waals surface area contributed by atoms with Crippen LogP contribution < -0.4 is 5.73 Å². The number of para-hydroxylation sites is 1. The van der Waals surface area contributed by atoms with Crippen molar-refractivity contribution in [1.82, 2.24) is 24.5 Å². The van der Waals surface area contributed by atoms with Gasteiger partial charge in [0.05, 0.1) is 11.8 Å². The quantitative estimate of drug-likeness (QED) is 0.539. The molecule has 21 heavy (non-hydrogen) atoms. The number of benzene rings is 1.